The Morgan fingerprint density at radius 2 is 1.93 bits per heavy atom. The number of hydrogen-bond donors (Lipinski definition) is 0. The van der Waals surface area contributed by atoms with Crippen LogP contribution in [-0.2, 0) is 16.0 Å². The van der Waals surface area contributed by atoms with E-state index in [1.807, 2.05) is 21.6 Å². The van der Waals surface area contributed by atoms with Gasteiger partial charge < -0.3 is 14.2 Å². The van der Waals surface area contributed by atoms with Gasteiger partial charge in [-0.2, -0.15) is 10.2 Å². The Labute approximate surface area is 176 Å². The van der Waals surface area contributed by atoms with Crippen molar-refractivity contribution in [1.29, 1.82) is 0 Å². The standard InChI is InChI=1S/C23H30N4O3/c1-16-8-10-26-15-18(14-24-26)23-20-13-19(30-17(2)9-12-28-16)6-7-21(20)27(25-23)22-5-3-4-11-29-22/h6-7,13-17,22H,3-5,8-12H2,1-2H3/t16-,17-,22?/m1/s1. The van der Waals surface area contributed by atoms with Crippen LogP contribution in [0, 0.1) is 0 Å². The third-order valence-electron chi connectivity index (χ3n) is 6.04. The average molecular weight is 411 g/mol. The van der Waals surface area contributed by atoms with Crippen LogP contribution in [0.5, 0.6) is 5.75 Å². The number of fused-ring (bicyclic) bond motifs is 4. The number of aromatic nitrogens is 4. The molecule has 30 heavy (non-hydrogen) atoms. The normalized spacial score (nSPS) is 25.6. The Balaban J connectivity index is 1.59. The maximum Gasteiger partial charge on any atom is 0.150 e. The molecule has 2 aliphatic rings. The number of benzene rings is 1. The summed E-state index contributed by atoms with van der Waals surface area (Å²) in [6.07, 6.45) is 9.29. The van der Waals surface area contributed by atoms with Crippen LogP contribution in [-0.4, -0.2) is 45.0 Å². The molecule has 5 rings (SSSR count). The molecular weight excluding hydrogens is 380 g/mol. The van der Waals surface area contributed by atoms with Crippen molar-refractivity contribution < 1.29 is 14.2 Å². The Morgan fingerprint density at radius 3 is 2.80 bits per heavy atom. The molecule has 0 aliphatic carbocycles. The van der Waals surface area contributed by atoms with E-state index in [9.17, 15) is 0 Å². The first-order valence-corrected chi connectivity index (χ1v) is 11.1. The lowest BCUT2D eigenvalue weighted by Gasteiger charge is -2.23. The van der Waals surface area contributed by atoms with Gasteiger partial charge in [0.1, 0.15) is 11.4 Å². The van der Waals surface area contributed by atoms with Gasteiger partial charge in [-0.3, -0.25) is 4.68 Å². The summed E-state index contributed by atoms with van der Waals surface area (Å²) in [5.74, 6) is 0.857. The van der Waals surface area contributed by atoms with Gasteiger partial charge in [0.2, 0.25) is 0 Å². The SMILES string of the molecule is C[C@@H]1CCn2cc(cn2)-c2nn(C3CCCCO3)c3ccc(cc23)O[C@H](C)CCO1. The Morgan fingerprint density at radius 1 is 1.00 bits per heavy atom. The van der Waals surface area contributed by atoms with Gasteiger partial charge in [0.15, 0.2) is 6.23 Å². The minimum absolute atomic E-state index is 0.0145. The van der Waals surface area contributed by atoms with Gasteiger partial charge in [-0.05, 0) is 57.7 Å². The molecule has 1 fully saturated rings. The van der Waals surface area contributed by atoms with Crippen molar-refractivity contribution in [3.8, 4) is 17.0 Å². The van der Waals surface area contributed by atoms with Crippen LogP contribution in [0.4, 0.5) is 0 Å². The molecule has 2 aromatic heterocycles. The van der Waals surface area contributed by atoms with Crippen LogP contribution < -0.4 is 4.74 Å². The van der Waals surface area contributed by atoms with Crippen molar-refractivity contribution in [2.24, 2.45) is 0 Å². The zero-order valence-electron chi connectivity index (χ0n) is 17.8. The number of nitrogens with zero attached hydrogens (tertiary/aromatic N) is 4. The van der Waals surface area contributed by atoms with Gasteiger partial charge in [0.25, 0.3) is 0 Å². The van der Waals surface area contributed by atoms with E-state index in [0.29, 0.717) is 6.61 Å². The highest BCUT2D eigenvalue weighted by molar-refractivity contribution is 5.94. The molecule has 1 unspecified atom stereocenters. The number of rotatable bonds is 1. The van der Waals surface area contributed by atoms with E-state index in [-0.39, 0.29) is 18.4 Å². The smallest absolute Gasteiger partial charge is 0.150 e. The predicted molar refractivity (Wildman–Crippen MR) is 115 cm³/mol. The van der Waals surface area contributed by atoms with Crippen molar-refractivity contribution in [1.82, 2.24) is 19.6 Å². The van der Waals surface area contributed by atoms with Crippen LogP contribution in [0.25, 0.3) is 22.2 Å². The van der Waals surface area contributed by atoms with Gasteiger partial charge in [-0.25, -0.2) is 4.68 Å². The lowest BCUT2D eigenvalue weighted by Crippen LogP contribution is -2.19. The highest BCUT2D eigenvalue weighted by Crippen LogP contribution is 2.35. The van der Waals surface area contributed by atoms with E-state index in [1.165, 1.54) is 0 Å². The summed E-state index contributed by atoms with van der Waals surface area (Å²) in [6, 6.07) is 6.25. The molecule has 160 valence electrons. The number of ether oxygens (including phenoxy) is 3. The average Bonchev–Trinajstić information content (AvgIpc) is 3.36. The second kappa shape index (κ2) is 8.40. The van der Waals surface area contributed by atoms with E-state index < -0.39 is 0 Å². The summed E-state index contributed by atoms with van der Waals surface area (Å²) in [5.41, 5.74) is 3.02. The van der Waals surface area contributed by atoms with Crippen molar-refractivity contribution in [3.05, 3.63) is 30.6 Å². The highest BCUT2D eigenvalue weighted by Gasteiger charge is 2.23. The minimum Gasteiger partial charge on any atom is -0.491 e. The molecule has 0 N–H and O–H groups in total. The van der Waals surface area contributed by atoms with E-state index in [2.05, 4.69) is 37.3 Å². The summed E-state index contributed by atoms with van der Waals surface area (Å²) in [7, 11) is 0. The van der Waals surface area contributed by atoms with Gasteiger partial charge in [0.05, 0.1) is 30.5 Å². The molecule has 1 aromatic carbocycles. The highest BCUT2D eigenvalue weighted by atomic mass is 16.5. The quantitative estimate of drug-likeness (QED) is 0.588. The molecule has 1 saturated heterocycles. The zero-order chi connectivity index (χ0) is 20.5. The Hall–Kier alpha value is -2.38. The number of hydrogen-bond acceptors (Lipinski definition) is 5. The fourth-order valence-electron chi connectivity index (χ4n) is 4.27. The van der Waals surface area contributed by atoms with Crippen LogP contribution in [0.2, 0.25) is 0 Å². The Kier molecular flexibility index (Phi) is 5.48. The summed E-state index contributed by atoms with van der Waals surface area (Å²) >= 11 is 0. The van der Waals surface area contributed by atoms with Crippen molar-refractivity contribution in [2.45, 2.75) is 70.9 Å². The van der Waals surface area contributed by atoms with E-state index >= 15 is 0 Å². The van der Waals surface area contributed by atoms with Crippen molar-refractivity contribution >= 4 is 10.9 Å². The van der Waals surface area contributed by atoms with E-state index in [4.69, 9.17) is 19.3 Å². The van der Waals surface area contributed by atoms with Gasteiger partial charge >= 0.3 is 0 Å². The molecule has 4 bridgehead atoms. The topological polar surface area (TPSA) is 63.3 Å². The van der Waals surface area contributed by atoms with Crippen LogP contribution in [0.15, 0.2) is 30.6 Å². The largest absolute Gasteiger partial charge is 0.491 e. The van der Waals surface area contributed by atoms with Crippen molar-refractivity contribution in [3.63, 3.8) is 0 Å². The lowest BCUT2D eigenvalue weighted by molar-refractivity contribution is -0.0365. The molecule has 3 atom stereocenters. The van der Waals surface area contributed by atoms with Gasteiger partial charge in [-0.1, -0.05) is 0 Å². The first-order chi connectivity index (χ1) is 14.7. The fourth-order valence-corrected chi connectivity index (χ4v) is 4.27. The molecule has 0 saturated carbocycles. The van der Waals surface area contributed by atoms with Crippen LogP contribution >= 0.6 is 0 Å². The fraction of sp³-hybridized carbons (Fsp3) is 0.565. The van der Waals surface area contributed by atoms with E-state index in [1.54, 1.807) is 0 Å². The third kappa shape index (κ3) is 3.96. The Bertz CT molecular complexity index is 1010. The van der Waals surface area contributed by atoms with Crippen LogP contribution in [0.3, 0.4) is 0 Å². The lowest BCUT2D eigenvalue weighted by atomic mass is 10.1. The molecule has 3 aromatic rings. The van der Waals surface area contributed by atoms with Crippen molar-refractivity contribution in [2.75, 3.05) is 13.2 Å². The molecule has 0 radical (unpaired) electrons. The second-order valence-electron chi connectivity index (χ2n) is 8.47. The van der Waals surface area contributed by atoms with Gasteiger partial charge in [-0.15, -0.1) is 0 Å². The predicted octanol–water partition coefficient (Wildman–Crippen LogP) is 4.57. The van der Waals surface area contributed by atoms with E-state index in [0.717, 1.165) is 73.2 Å². The number of aryl methyl sites for hydroxylation is 1. The minimum atomic E-state index is -0.0145. The summed E-state index contributed by atoms with van der Waals surface area (Å²) in [5, 5.41) is 10.7. The second-order valence-corrected chi connectivity index (χ2v) is 8.47. The van der Waals surface area contributed by atoms with Gasteiger partial charge in [0, 0.05) is 36.7 Å². The zero-order valence-corrected chi connectivity index (χ0v) is 17.8. The third-order valence-corrected chi connectivity index (χ3v) is 6.04. The first kappa shape index (κ1) is 19.6. The maximum atomic E-state index is 6.21. The summed E-state index contributed by atoms with van der Waals surface area (Å²) in [6.45, 7) is 6.52. The summed E-state index contributed by atoms with van der Waals surface area (Å²) < 4.78 is 22.2. The van der Waals surface area contributed by atoms with Crippen LogP contribution in [0.1, 0.15) is 52.2 Å². The maximum absolute atomic E-state index is 6.21. The molecular formula is C23H30N4O3. The first-order valence-electron chi connectivity index (χ1n) is 11.1. The summed E-state index contributed by atoms with van der Waals surface area (Å²) in [4.78, 5) is 0. The molecule has 0 spiro atoms. The molecule has 2 aliphatic heterocycles. The molecule has 0 amide bonds. The monoisotopic (exact) mass is 410 g/mol. The molecule has 4 heterocycles. The molecule has 7 nitrogen and oxygen atoms in total. The molecule has 7 heteroatoms.